The van der Waals surface area contributed by atoms with Crippen LogP contribution in [0.15, 0.2) is 60.8 Å². The van der Waals surface area contributed by atoms with Gasteiger partial charge in [-0.2, -0.15) is 0 Å². The lowest BCUT2D eigenvalue weighted by molar-refractivity contribution is 0.0958. The van der Waals surface area contributed by atoms with Crippen molar-refractivity contribution in [1.82, 2.24) is 20.3 Å². The van der Waals surface area contributed by atoms with Crippen molar-refractivity contribution in [3.05, 3.63) is 72.1 Å². The molecule has 3 N–H and O–H groups in total. The molecule has 1 saturated carbocycles. The van der Waals surface area contributed by atoms with Gasteiger partial charge in [-0.25, -0.2) is 4.98 Å². The fourth-order valence-electron chi connectivity index (χ4n) is 4.39. The number of rotatable bonds is 6. The van der Waals surface area contributed by atoms with Gasteiger partial charge in [0.05, 0.1) is 11.0 Å². The number of pyridine rings is 1. The SMILES string of the molecule is CNC(=O)c1cc(Oc2ccc3nc(Nc4ccc(C5CCCCC5)cc4)[nH]c3c2)ccn1. The Labute approximate surface area is 192 Å². The van der Waals surface area contributed by atoms with E-state index < -0.39 is 0 Å². The number of hydrogen-bond acceptors (Lipinski definition) is 5. The molecule has 1 aliphatic rings. The average Bonchev–Trinajstić information content (AvgIpc) is 3.26. The number of ether oxygens (including phenoxy) is 1. The van der Waals surface area contributed by atoms with E-state index in [9.17, 15) is 4.79 Å². The second-order valence-electron chi connectivity index (χ2n) is 8.40. The van der Waals surface area contributed by atoms with Crippen molar-refractivity contribution in [3.63, 3.8) is 0 Å². The Morgan fingerprint density at radius 2 is 1.79 bits per heavy atom. The van der Waals surface area contributed by atoms with Crippen LogP contribution in [0.3, 0.4) is 0 Å². The van der Waals surface area contributed by atoms with Crippen LogP contribution in [0, 0.1) is 0 Å². The van der Waals surface area contributed by atoms with Crippen LogP contribution in [0.2, 0.25) is 0 Å². The van der Waals surface area contributed by atoms with E-state index in [0.29, 0.717) is 29.1 Å². The molecule has 0 bridgehead atoms. The standard InChI is InChI=1S/C26H27N5O2/c1-27-25(32)24-16-21(13-14-28-24)33-20-11-12-22-23(15-20)31-26(30-22)29-19-9-7-18(8-10-19)17-5-3-2-4-6-17/h7-17H,2-6H2,1H3,(H,27,32)(H2,29,30,31). The lowest BCUT2D eigenvalue weighted by atomic mass is 9.84. The second-order valence-corrected chi connectivity index (χ2v) is 8.40. The first-order valence-electron chi connectivity index (χ1n) is 11.4. The number of nitrogens with zero attached hydrogens (tertiary/aromatic N) is 2. The molecule has 7 heteroatoms. The molecule has 4 aromatic rings. The van der Waals surface area contributed by atoms with E-state index in [4.69, 9.17) is 4.74 Å². The summed E-state index contributed by atoms with van der Waals surface area (Å²) in [6.07, 6.45) is 8.20. The molecule has 1 fully saturated rings. The maximum absolute atomic E-state index is 11.8. The van der Waals surface area contributed by atoms with E-state index in [0.717, 1.165) is 16.7 Å². The number of carbonyl (C=O) groups is 1. The van der Waals surface area contributed by atoms with Crippen LogP contribution in [-0.4, -0.2) is 27.9 Å². The summed E-state index contributed by atoms with van der Waals surface area (Å²) in [7, 11) is 1.57. The Bertz CT molecular complexity index is 1260. The fourth-order valence-corrected chi connectivity index (χ4v) is 4.39. The molecular formula is C26H27N5O2. The van der Waals surface area contributed by atoms with Crippen LogP contribution >= 0.6 is 0 Å². The third kappa shape index (κ3) is 4.82. The quantitative estimate of drug-likeness (QED) is 0.346. The molecule has 33 heavy (non-hydrogen) atoms. The summed E-state index contributed by atoms with van der Waals surface area (Å²) >= 11 is 0. The Hall–Kier alpha value is -3.87. The first-order valence-corrected chi connectivity index (χ1v) is 11.4. The van der Waals surface area contributed by atoms with Crippen molar-refractivity contribution >= 4 is 28.6 Å². The number of aromatic nitrogens is 3. The molecule has 5 rings (SSSR count). The topological polar surface area (TPSA) is 91.9 Å². The molecule has 0 unspecified atom stereocenters. The van der Waals surface area contributed by atoms with Crippen molar-refractivity contribution in [1.29, 1.82) is 0 Å². The zero-order valence-corrected chi connectivity index (χ0v) is 18.6. The summed E-state index contributed by atoms with van der Waals surface area (Å²) in [6.45, 7) is 0. The highest BCUT2D eigenvalue weighted by Gasteiger charge is 2.15. The Balaban J connectivity index is 1.29. The Kier molecular flexibility index (Phi) is 5.93. The average molecular weight is 442 g/mol. The number of fused-ring (bicyclic) bond motifs is 1. The lowest BCUT2D eigenvalue weighted by Crippen LogP contribution is -2.18. The number of anilines is 2. The maximum Gasteiger partial charge on any atom is 0.269 e. The molecule has 0 saturated heterocycles. The number of carbonyl (C=O) groups excluding carboxylic acids is 1. The number of benzene rings is 2. The molecule has 2 aromatic carbocycles. The molecular weight excluding hydrogens is 414 g/mol. The van der Waals surface area contributed by atoms with Crippen molar-refractivity contribution in [2.75, 3.05) is 12.4 Å². The molecule has 7 nitrogen and oxygen atoms in total. The highest BCUT2D eigenvalue weighted by atomic mass is 16.5. The van der Waals surface area contributed by atoms with Gasteiger partial charge in [0, 0.05) is 31.1 Å². The predicted molar refractivity (Wildman–Crippen MR) is 129 cm³/mol. The highest BCUT2D eigenvalue weighted by molar-refractivity contribution is 5.92. The molecule has 0 spiro atoms. The van der Waals surface area contributed by atoms with Crippen molar-refractivity contribution in [2.24, 2.45) is 0 Å². The van der Waals surface area contributed by atoms with Gasteiger partial charge < -0.3 is 20.4 Å². The number of nitrogens with one attached hydrogen (secondary N) is 3. The summed E-state index contributed by atoms with van der Waals surface area (Å²) in [5, 5.41) is 5.92. The van der Waals surface area contributed by atoms with E-state index in [1.165, 1.54) is 37.7 Å². The summed E-state index contributed by atoms with van der Waals surface area (Å²) in [4.78, 5) is 23.8. The molecule has 0 atom stereocenters. The molecule has 168 valence electrons. The van der Waals surface area contributed by atoms with Crippen LogP contribution in [0.1, 0.15) is 54.1 Å². The van der Waals surface area contributed by atoms with E-state index in [-0.39, 0.29) is 5.91 Å². The minimum atomic E-state index is -0.257. The van der Waals surface area contributed by atoms with Gasteiger partial charge in [-0.1, -0.05) is 31.4 Å². The minimum Gasteiger partial charge on any atom is -0.457 e. The Morgan fingerprint density at radius 1 is 1.00 bits per heavy atom. The lowest BCUT2D eigenvalue weighted by Gasteiger charge is -2.22. The predicted octanol–water partition coefficient (Wildman–Crippen LogP) is 5.90. The first-order chi connectivity index (χ1) is 16.2. The van der Waals surface area contributed by atoms with Crippen LogP contribution in [-0.2, 0) is 0 Å². The van der Waals surface area contributed by atoms with Crippen LogP contribution < -0.4 is 15.4 Å². The summed E-state index contributed by atoms with van der Waals surface area (Å²) in [5.41, 5.74) is 4.43. The van der Waals surface area contributed by atoms with Gasteiger partial charge in [-0.15, -0.1) is 0 Å². The minimum absolute atomic E-state index is 0.257. The smallest absolute Gasteiger partial charge is 0.269 e. The largest absolute Gasteiger partial charge is 0.457 e. The zero-order valence-electron chi connectivity index (χ0n) is 18.6. The van der Waals surface area contributed by atoms with Gasteiger partial charge in [0.1, 0.15) is 17.2 Å². The van der Waals surface area contributed by atoms with Crippen molar-refractivity contribution in [3.8, 4) is 11.5 Å². The van der Waals surface area contributed by atoms with E-state index in [1.54, 1.807) is 25.4 Å². The van der Waals surface area contributed by atoms with Crippen molar-refractivity contribution in [2.45, 2.75) is 38.0 Å². The molecule has 2 heterocycles. The Morgan fingerprint density at radius 3 is 2.58 bits per heavy atom. The first kappa shape index (κ1) is 21.0. The monoisotopic (exact) mass is 441 g/mol. The van der Waals surface area contributed by atoms with Crippen LogP contribution in [0.25, 0.3) is 11.0 Å². The fraction of sp³-hybridized carbons (Fsp3) is 0.269. The number of imidazole rings is 1. The summed E-state index contributed by atoms with van der Waals surface area (Å²) in [6, 6.07) is 17.7. The zero-order chi connectivity index (χ0) is 22.6. The van der Waals surface area contributed by atoms with Crippen molar-refractivity contribution < 1.29 is 9.53 Å². The molecule has 0 radical (unpaired) electrons. The summed E-state index contributed by atoms with van der Waals surface area (Å²) < 4.78 is 5.93. The second kappa shape index (κ2) is 9.32. The maximum atomic E-state index is 11.8. The van der Waals surface area contributed by atoms with Gasteiger partial charge in [0.25, 0.3) is 5.91 Å². The van der Waals surface area contributed by atoms with E-state index in [2.05, 4.69) is 49.9 Å². The van der Waals surface area contributed by atoms with Crippen LogP contribution in [0.5, 0.6) is 11.5 Å². The third-order valence-electron chi connectivity index (χ3n) is 6.13. The van der Waals surface area contributed by atoms with Gasteiger partial charge in [0.15, 0.2) is 0 Å². The number of hydrogen-bond donors (Lipinski definition) is 3. The number of H-pyrrole nitrogens is 1. The van der Waals surface area contributed by atoms with E-state index >= 15 is 0 Å². The normalized spacial score (nSPS) is 14.2. The number of amides is 1. The summed E-state index contributed by atoms with van der Waals surface area (Å²) in [5.74, 6) is 2.30. The molecule has 2 aromatic heterocycles. The number of aromatic amines is 1. The third-order valence-corrected chi connectivity index (χ3v) is 6.13. The molecule has 1 amide bonds. The molecule has 0 aliphatic heterocycles. The van der Waals surface area contributed by atoms with Gasteiger partial charge >= 0.3 is 0 Å². The van der Waals surface area contributed by atoms with Gasteiger partial charge in [-0.05, 0) is 54.7 Å². The van der Waals surface area contributed by atoms with E-state index in [1.807, 2.05) is 18.2 Å². The molecule has 1 aliphatic carbocycles. The van der Waals surface area contributed by atoms with Crippen LogP contribution in [0.4, 0.5) is 11.6 Å². The van der Waals surface area contributed by atoms with Gasteiger partial charge in [-0.3, -0.25) is 9.78 Å². The highest BCUT2D eigenvalue weighted by Crippen LogP contribution is 2.33. The van der Waals surface area contributed by atoms with Gasteiger partial charge in [0.2, 0.25) is 5.95 Å².